The third-order valence-corrected chi connectivity index (χ3v) is 4.75. The Balaban J connectivity index is 1.32. The van der Waals surface area contributed by atoms with Crippen molar-refractivity contribution in [2.45, 2.75) is 44.2 Å². The summed E-state index contributed by atoms with van der Waals surface area (Å²) < 4.78 is 10.4. The van der Waals surface area contributed by atoms with E-state index in [1.54, 1.807) is 0 Å². The zero-order valence-corrected chi connectivity index (χ0v) is 12.7. The van der Waals surface area contributed by atoms with E-state index in [0.717, 1.165) is 57.3 Å². The van der Waals surface area contributed by atoms with E-state index in [2.05, 4.69) is 19.9 Å². The Morgan fingerprint density at radius 2 is 2.05 bits per heavy atom. The van der Waals surface area contributed by atoms with Crippen molar-refractivity contribution in [3.8, 4) is 0 Å². The molecule has 0 bridgehead atoms. The summed E-state index contributed by atoms with van der Waals surface area (Å²) in [5, 5.41) is 4.10. The number of nitrogens with zero attached hydrogens (tertiary/aromatic N) is 4. The Kier molecular flexibility index (Phi) is 3.83. The van der Waals surface area contributed by atoms with Crippen molar-refractivity contribution in [1.82, 2.24) is 19.9 Å². The number of rotatable bonds is 4. The van der Waals surface area contributed by atoms with Crippen LogP contribution in [0.15, 0.2) is 4.52 Å². The van der Waals surface area contributed by atoms with E-state index in [0.29, 0.717) is 12.5 Å². The van der Waals surface area contributed by atoms with Gasteiger partial charge in [-0.25, -0.2) is 0 Å². The molecule has 0 unspecified atom stereocenters. The van der Waals surface area contributed by atoms with E-state index in [9.17, 15) is 4.79 Å². The Morgan fingerprint density at radius 3 is 2.82 bits per heavy atom. The molecule has 3 aliphatic rings. The summed E-state index contributed by atoms with van der Waals surface area (Å²) in [4.78, 5) is 20.8. The minimum absolute atomic E-state index is 0.0356. The summed E-state index contributed by atoms with van der Waals surface area (Å²) in [7, 11) is 0. The molecule has 0 N–H and O–H groups in total. The number of hydrogen-bond acceptors (Lipinski definition) is 7. The predicted molar refractivity (Wildman–Crippen MR) is 77.1 cm³/mol. The Hall–Kier alpha value is -1.47. The third-order valence-electron chi connectivity index (χ3n) is 4.75. The fourth-order valence-corrected chi connectivity index (χ4v) is 3.31. The van der Waals surface area contributed by atoms with Crippen LogP contribution in [0, 0.1) is 0 Å². The molecular weight excluding hydrogens is 284 g/mol. The molecule has 3 heterocycles. The van der Waals surface area contributed by atoms with E-state index in [4.69, 9.17) is 9.26 Å². The van der Waals surface area contributed by atoms with Gasteiger partial charge in [0.15, 0.2) is 5.82 Å². The topological polar surface area (TPSA) is 71.7 Å². The van der Waals surface area contributed by atoms with Crippen molar-refractivity contribution < 1.29 is 14.1 Å². The maximum Gasteiger partial charge on any atom is 0.323 e. The molecule has 1 aromatic rings. The molecule has 1 aliphatic carbocycles. The monoisotopic (exact) mass is 306 g/mol. The molecule has 0 spiro atoms. The Morgan fingerprint density at radius 1 is 1.14 bits per heavy atom. The van der Waals surface area contributed by atoms with Crippen LogP contribution in [0.3, 0.4) is 0 Å². The molecule has 3 fully saturated rings. The lowest BCUT2D eigenvalue weighted by atomic mass is 10.2. The van der Waals surface area contributed by atoms with Crippen LogP contribution in [0.4, 0.5) is 0 Å². The lowest BCUT2D eigenvalue weighted by Crippen LogP contribution is -2.41. The lowest BCUT2D eigenvalue weighted by molar-refractivity contribution is -0.142. The van der Waals surface area contributed by atoms with Crippen molar-refractivity contribution in [2.24, 2.45) is 0 Å². The Bertz CT molecular complexity index is 543. The van der Waals surface area contributed by atoms with Gasteiger partial charge < -0.3 is 9.26 Å². The zero-order chi connectivity index (χ0) is 14.9. The van der Waals surface area contributed by atoms with Gasteiger partial charge in [-0.1, -0.05) is 5.16 Å². The van der Waals surface area contributed by atoms with Crippen LogP contribution < -0.4 is 0 Å². The van der Waals surface area contributed by atoms with Crippen molar-refractivity contribution in [2.75, 3.05) is 32.8 Å². The van der Waals surface area contributed by atoms with Crippen LogP contribution in [0.25, 0.3) is 0 Å². The number of cyclic esters (lactones) is 1. The van der Waals surface area contributed by atoms with E-state index in [-0.39, 0.29) is 12.0 Å². The van der Waals surface area contributed by atoms with Crippen molar-refractivity contribution in [3.63, 3.8) is 0 Å². The van der Waals surface area contributed by atoms with Crippen LogP contribution in [0.5, 0.6) is 0 Å². The molecule has 1 atom stereocenters. The smallest absolute Gasteiger partial charge is 0.323 e. The molecule has 120 valence electrons. The maximum absolute atomic E-state index is 11.7. The first-order chi connectivity index (χ1) is 10.8. The molecule has 0 aromatic carbocycles. The summed E-state index contributed by atoms with van der Waals surface area (Å²) in [5.74, 6) is 2.05. The van der Waals surface area contributed by atoms with Gasteiger partial charge in [-0.3, -0.25) is 14.6 Å². The molecule has 1 aromatic heterocycles. The van der Waals surface area contributed by atoms with E-state index >= 15 is 0 Å². The van der Waals surface area contributed by atoms with E-state index in [1.165, 1.54) is 12.8 Å². The average Bonchev–Trinajstić information content (AvgIpc) is 3.19. The molecule has 7 heteroatoms. The minimum Gasteiger partial charge on any atom is -0.464 e. The van der Waals surface area contributed by atoms with Gasteiger partial charge in [0.2, 0.25) is 5.89 Å². The molecule has 2 aliphatic heterocycles. The van der Waals surface area contributed by atoms with Gasteiger partial charge in [0.25, 0.3) is 0 Å². The number of carbonyl (C=O) groups is 1. The Labute approximate surface area is 129 Å². The SMILES string of the molecule is O=C1OCC[C@H]1N1CCCN(Cc2noc(C3CC3)n2)CC1. The number of esters is 1. The van der Waals surface area contributed by atoms with Crippen molar-refractivity contribution >= 4 is 5.97 Å². The van der Waals surface area contributed by atoms with Gasteiger partial charge in [0, 0.05) is 32.0 Å². The van der Waals surface area contributed by atoms with Gasteiger partial charge >= 0.3 is 5.97 Å². The fourth-order valence-electron chi connectivity index (χ4n) is 3.31. The molecule has 0 radical (unpaired) electrons. The van der Waals surface area contributed by atoms with Gasteiger partial charge in [0.1, 0.15) is 6.04 Å². The molecule has 1 saturated carbocycles. The van der Waals surface area contributed by atoms with E-state index in [1.807, 2.05) is 0 Å². The second-order valence-corrected chi connectivity index (χ2v) is 6.46. The molecule has 2 saturated heterocycles. The van der Waals surface area contributed by atoms with Gasteiger partial charge in [-0.05, 0) is 25.8 Å². The normalized spacial score (nSPS) is 27.8. The number of ether oxygens (including phenoxy) is 1. The molecular formula is C15H22N4O3. The average molecular weight is 306 g/mol. The highest BCUT2D eigenvalue weighted by Crippen LogP contribution is 2.38. The summed E-state index contributed by atoms with van der Waals surface area (Å²) in [6.45, 7) is 5.08. The van der Waals surface area contributed by atoms with Gasteiger partial charge in [0.05, 0.1) is 13.2 Å². The highest BCUT2D eigenvalue weighted by atomic mass is 16.5. The van der Waals surface area contributed by atoms with Crippen molar-refractivity contribution in [3.05, 3.63) is 11.7 Å². The van der Waals surface area contributed by atoms with Crippen LogP contribution >= 0.6 is 0 Å². The molecule has 4 rings (SSSR count). The van der Waals surface area contributed by atoms with Crippen LogP contribution in [-0.4, -0.2) is 64.7 Å². The minimum atomic E-state index is -0.0549. The van der Waals surface area contributed by atoms with Crippen LogP contribution in [-0.2, 0) is 16.1 Å². The molecule has 22 heavy (non-hydrogen) atoms. The third kappa shape index (κ3) is 3.01. The second-order valence-electron chi connectivity index (χ2n) is 6.46. The fraction of sp³-hybridized carbons (Fsp3) is 0.800. The maximum atomic E-state index is 11.7. The highest BCUT2D eigenvalue weighted by molar-refractivity contribution is 5.77. The number of hydrogen-bond donors (Lipinski definition) is 0. The first kappa shape index (κ1) is 14.1. The summed E-state index contributed by atoms with van der Waals surface area (Å²) in [5.41, 5.74) is 0. The number of aromatic nitrogens is 2. The van der Waals surface area contributed by atoms with E-state index < -0.39 is 0 Å². The molecule has 0 amide bonds. The standard InChI is InChI=1S/C15H22N4O3/c20-15-12(4-9-21-15)19-6-1-5-18(7-8-19)10-13-16-14(22-17-13)11-2-3-11/h11-12H,1-10H2/t12-/m1/s1. The quantitative estimate of drug-likeness (QED) is 0.761. The zero-order valence-electron chi connectivity index (χ0n) is 12.7. The van der Waals surface area contributed by atoms with Gasteiger partial charge in [-0.2, -0.15) is 4.98 Å². The second kappa shape index (κ2) is 5.96. The lowest BCUT2D eigenvalue weighted by Gasteiger charge is -2.24. The summed E-state index contributed by atoms with van der Waals surface area (Å²) >= 11 is 0. The summed E-state index contributed by atoms with van der Waals surface area (Å²) in [6, 6.07) is -0.0356. The van der Waals surface area contributed by atoms with Crippen LogP contribution in [0.2, 0.25) is 0 Å². The van der Waals surface area contributed by atoms with Gasteiger partial charge in [-0.15, -0.1) is 0 Å². The van der Waals surface area contributed by atoms with Crippen molar-refractivity contribution in [1.29, 1.82) is 0 Å². The first-order valence-corrected chi connectivity index (χ1v) is 8.25. The number of carbonyl (C=O) groups excluding carboxylic acids is 1. The summed E-state index contributed by atoms with van der Waals surface area (Å²) in [6.07, 6.45) is 4.24. The highest BCUT2D eigenvalue weighted by Gasteiger charge is 2.33. The molecule has 7 nitrogen and oxygen atoms in total. The predicted octanol–water partition coefficient (Wildman–Crippen LogP) is 0.770. The van der Waals surface area contributed by atoms with Crippen LogP contribution in [0.1, 0.15) is 43.3 Å². The largest absolute Gasteiger partial charge is 0.464 e. The first-order valence-electron chi connectivity index (χ1n) is 8.25.